The van der Waals surface area contributed by atoms with Crippen LogP contribution in [0.15, 0.2) is 59.1 Å². The van der Waals surface area contributed by atoms with Gasteiger partial charge in [-0.15, -0.1) is 0 Å². The Hall–Kier alpha value is -3.02. The lowest BCUT2D eigenvalue weighted by Gasteiger charge is -2.33. The fourth-order valence-electron chi connectivity index (χ4n) is 3.48. The first-order chi connectivity index (χ1) is 13.2. The second kappa shape index (κ2) is 7.70. The Morgan fingerprint density at radius 1 is 1.15 bits per heavy atom. The summed E-state index contributed by atoms with van der Waals surface area (Å²) in [6.45, 7) is 0.641. The summed E-state index contributed by atoms with van der Waals surface area (Å²) in [4.78, 5) is 19.2. The van der Waals surface area contributed by atoms with Crippen molar-refractivity contribution in [1.29, 1.82) is 0 Å². The predicted octanol–water partition coefficient (Wildman–Crippen LogP) is 4.17. The number of carbonyl (C=O) groups is 1. The van der Waals surface area contributed by atoms with Gasteiger partial charge >= 0.3 is 0 Å². The van der Waals surface area contributed by atoms with E-state index in [4.69, 9.17) is 4.52 Å². The van der Waals surface area contributed by atoms with Gasteiger partial charge in [-0.1, -0.05) is 47.6 Å². The number of hydrogen-bond donors (Lipinski definition) is 0. The zero-order valence-electron chi connectivity index (χ0n) is 14.8. The van der Waals surface area contributed by atoms with Gasteiger partial charge in [-0.3, -0.25) is 4.79 Å². The lowest BCUT2D eigenvalue weighted by Crippen LogP contribution is -2.39. The van der Waals surface area contributed by atoms with E-state index in [1.165, 1.54) is 12.1 Å². The van der Waals surface area contributed by atoms with Gasteiger partial charge in [0.05, 0.1) is 6.42 Å². The summed E-state index contributed by atoms with van der Waals surface area (Å²) in [5, 5.41) is 4.08. The summed E-state index contributed by atoms with van der Waals surface area (Å²) < 4.78 is 18.9. The molecule has 0 spiro atoms. The number of aromatic nitrogens is 2. The number of likely N-dealkylation sites (tertiary alicyclic amines) is 1. The van der Waals surface area contributed by atoms with Crippen LogP contribution >= 0.6 is 0 Å². The summed E-state index contributed by atoms with van der Waals surface area (Å²) in [5.74, 6) is 0.597. The Morgan fingerprint density at radius 3 is 2.81 bits per heavy atom. The molecule has 5 nitrogen and oxygen atoms in total. The molecule has 0 N–H and O–H groups in total. The fourth-order valence-corrected chi connectivity index (χ4v) is 3.48. The molecule has 1 aliphatic heterocycles. The third-order valence-corrected chi connectivity index (χ3v) is 4.83. The molecule has 2 heterocycles. The molecule has 3 aromatic rings. The Balaban J connectivity index is 1.54. The molecule has 1 aliphatic rings. The molecule has 4 rings (SSSR count). The zero-order valence-corrected chi connectivity index (χ0v) is 14.8. The van der Waals surface area contributed by atoms with E-state index in [-0.39, 0.29) is 24.2 Å². The molecule has 0 saturated carbocycles. The number of hydrogen-bond acceptors (Lipinski definition) is 4. The van der Waals surface area contributed by atoms with Crippen molar-refractivity contribution in [3.8, 4) is 11.4 Å². The minimum atomic E-state index is -0.333. The van der Waals surface area contributed by atoms with Crippen LogP contribution in [0.2, 0.25) is 0 Å². The summed E-state index contributed by atoms with van der Waals surface area (Å²) in [6, 6.07) is 15.5. The molecule has 6 heteroatoms. The molecule has 27 heavy (non-hydrogen) atoms. The molecular formula is C21H20FN3O2. The van der Waals surface area contributed by atoms with Crippen LogP contribution in [-0.2, 0) is 11.2 Å². The van der Waals surface area contributed by atoms with Crippen molar-refractivity contribution in [2.45, 2.75) is 31.7 Å². The van der Waals surface area contributed by atoms with E-state index in [2.05, 4.69) is 10.1 Å². The van der Waals surface area contributed by atoms with Crippen molar-refractivity contribution in [2.75, 3.05) is 6.54 Å². The molecule has 0 bridgehead atoms. The standard InChI is InChI=1S/C21H20FN3O2/c22-17-10-6-7-15(13-17)14-19(26)25-12-5-4-11-18(25)21-23-20(24-27-21)16-8-2-1-3-9-16/h1-3,6-10,13,18H,4-5,11-12,14H2. The highest BCUT2D eigenvalue weighted by Gasteiger charge is 2.32. The molecule has 0 aliphatic carbocycles. The minimum absolute atomic E-state index is 0.0511. The van der Waals surface area contributed by atoms with Crippen LogP contribution in [0, 0.1) is 5.82 Å². The maximum atomic E-state index is 13.4. The van der Waals surface area contributed by atoms with Crippen molar-refractivity contribution < 1.29 is 13.7 Å². The molecule has 1 amide bonds. The topological polar surface area (TPSA) is 59.2 Å². The lowest BCUT2D eigenvalue weighted by atomic mass is 10.0. The Labute approximate surface area is 156 Å². The summed E-state index contributed by atoms with van der Waals surface area (Å²) in [7, 11) is 0. The molecule has 1 unspecified atom stereocenters. The van der Waals surface area contributed by atoms with Crippen LogP contribution in [0.3, 0.4) is 0 Å². The van der Waals surface area contributed by atoms with E-state index >= 15 is 0 Å². The average Bonchev–Trinajstić information content (AvgIpc) is 3.19. The summed E-state index contributed by atoms with van der Waals surface area (Å²) >= 11 is 0. The maximum Gasteiger partial charge on any atom is 0.249 e. The van der Waals surface area contributed by atoms with Crippen LogP contribution in [-0.4, -0.2) is 27.5 Å². The second-order valence-corrected chi connectivity index (χ2v) is 6.73. The Bertz CT molecular complexity index is 926. The third-order valence-electron chi connectivity index (χ3n) is 4.83. The van der Waals surface area contributed by atoms with Gasteiger partial charge < -0.3 is 9.42 Å². The van der Waals surface area contributed by atoms with Crippen LogP contribution < -0.4 is 0 Å². The van der Waals surface area contributed by atoms with Crippen molar-refractivity contribution in [3.63, 3.8) is 0 Å². The molecule has 1 aromatic heterocycles. The summed E-state index contributed by atoms with van der Waals surface area (Å²) in [5.41, 5.74) is 1.54. The van der Waals surface area contributed by atoms with Gasteiger partial charge in [0.1, 0.15) is 11.9 Å². The first kappa shape index (κ1) is 17.4. The minimum Gasteiger partial charge on any atom is -0.337 e. The van der Waals surface area contributed by atoms with Gasteiger partial charge in [0, 0.05) is 12.1 Å². The number of piperidine rings is 1. The van der Waals surface area contributed by atoms with E-state index in [9.17, 15) is 9.18 Å². The average molecular weight is 365 g/mol. The number of benzene rings is 2. The van der Waals surface area contributed by atoms with Crippen molar-refractivity contribution in [2.24, 2.45) is 0 Å². The summed E-state index contributed by atoms with van der Waals surface area (Å²) in [6.07, 6.45) is 2.88. The molecule has 0 radical (unpaired) electrons. The predicted molar refractivity (Wildman–Crippen MR) is 98.1 cm³/mol. The number of rotatable bonds is 4. The van der Waals surface area contributed by atoms with Gasteiger partial charge in [-0.25, -0.2) is 4.39 Å². The molecule has 1 saturated heterocycles. The smallest absolute Gasteiger partial charge is 0.249 e. The molecule has 1 atom stereocenters. The van der Waals surface area contributed by atoms with Crippen molar-refractivity contribution in [1.82, 2.24) is 15.0 Å². The zero-order chi connectivity index (χ0) is 18.6. The first-order valence-corrected chi connectivity index (χ1v) is 9.13. The van der Waals surface area contributed by atoms with Gasteiger partial charge in [-0.2, -0.15) is 4.98 Å². The number of carbonyl (C=O) groups excluding carboxylic acids is 1. The normalized spacial score (nSPS) is 17.1. The van der Waals surface area contributed by atoms with E-state index in [0.717, 1.165) is 24.8 Å². The van der Waals surface area contributed by atoms with Gasteiger partial charge in [-0.05, 0) is 37.0 Å². The first-order valence-electron chi connectivity index (χ1n) is 9.13. The SMILES string of the molecule is O=C(Cc1cccc(F)c1)N1CCCCC1c1nc(-c2ccccc2)no1. The van der Waals surface area contributed by atoms with Gasteiger partial charge in [0.25, 0.3) is 0 Å². The van der Waals surface area contributed by atoms with E-state index in [1.807, 2.05) is 30.3 Å². The van der Waals surface area contributed by atoms with Crippen LogP contribution in [0.4, 0.5) is 4.39 Å². The monoisotopic (exact) mass is 365 g/mol. The number of halogens is 1. The maximum absolute atomic E-state index is 13.4. The van der Waals surface area contributed by atoms with Crippen LogP contribution in [0.5, 0.6) is 0 Å². The Kier molecular flexibility index (Phi) is 4.96. The quantitative estimate of drug-likeness (QED) is 0.696. The Morgan fingerprint density at radius 2 is 2.00 bits per heavy atom. The van der Waals surface area contributed by atoms with E-state index in [0.29, 0.717) is 23.8 Å². The van der Waals surface area contributed by atoms with Gasteiger partial charge in [0.15, 0.2) is 0 Å². The third kappa shape index (κ3) is 3.89. The van der Waals surface area contributed by atoms with E-state index in [1.54, 1.807) is 17.0 Å². The highest BCUT2D eigenvalue weighted by Crippen LogP contribution is 2.31. The van der Waals surface area contributed by atoms with Gasteiger partial charge in [0.2, 0.25) is 17.6 Å². The highest BCUT2D eigenvalue weighted by molar-refractivity contribution is 5.79. The van der Waals surface area contributed by atoms with Crippen LogP contribution in [0.1, 0.15) is 36.8 Å². The van der Waals surface area contributed by atoms with E-state index < -0.39 is 0 Å². The fraction of sp³-hybridized carbons (Fsp3) is 0.286. The molecular weight excluding hydrogens is 345 g/mol. The van der Waals surface area contributed by atoms with Crippen LogP contribution in [0.25, 0.3) is 11.4 Å². The number of nitrogens with zero attached hydrogens (tertiary/aromatic N) is 3. The van der Waals surface area contributed by atoms with Crippen molar-refractivity contribution >= 4 is 5.91 Å². The highest BCUT2D eigenvalue weighted by atomic mass is 19.1. The second-order valence-electron chi connectivity index (χ2n) is 6.73. The van der Waals surface area contributed by atoms with Crippen molar-refractivity contribution in [3.05, 3.63) is 71.9 Å². The largest absolute Gasteiger partial charge is 0.337 e. The molecule has 2 aromatic carbocycles. The number of amides is 1. The lowest BCUT2D eigenvalue weighted by molar-refractivity contribution is -0.135. The molecule has 1 fully saturated rings. The molecule has 138 valence electrons.